The summed E-state index contributed by atoms with van der Waals surface area (Å²) in [6.45, 7) is 1.83. The van der Waals surface area contributed by atoms with Gasteiger partial charge < -0.3 is 5.11 Å². The van der Waals surface area contributed by atoms with Crippen molar-refractivity contribution in [3.05, 3.63) is 76.2 Å². The predicted molar refractivity (Wildman–Crippen MR) is 107 cm³/mol. The second-order valence-electron chi connectivity index (χ2n) is 6.40. The van der Waals surface area contributed by atoms with Gasteiger partial charge in [-0.1, -0.05) is 36.4 Å². The molecule has 1 aliphatic heterocycles. The molecule has 1 aliphatic rings. The van der Waals surface area contributed by atoms with Gasteiger partial charge in [0, 0.05) is 12.6 Å². The second kappa shape index (κ2) is 6.66. The first-order valence-corrected chi connectivity index (χ1v) is 9.61. The molecule has 0 unspecified atom stereocenters. The molecule has 1 N–H and O–H groups in total. The van der Waals surface area contributed by atoms with Gasteiger partial charge in [-0.2, -0.15) is 0 Å². The number of hydrogen-bond donors (Lipinski definition) is 1. The van der Waals surface area contributed by atoms with E-state index >= 15 is 0 Å². The number of carbonyl (C=O) groups excluding carboxylic acids is 1. The Morgan fingerprint density at radius 1 is 1.04 bits per heavy atom. The SMILES string of the molecule is Cc1c(N2C(=O)CS[C@@H]2c2ccccc2O)c(=O)n(-c2ccccc2)n1C. The summed E-state index contributed by atoms with van der Waals surface area (Å²) >= 11 is 1.41. The lowest BCUT2D eigenvalue weighted by Gasteiger charge is -2.23. The highest BCUT2D eigenvalue weighted by atomic mass is 32.2. The van der Waals surface area contributed by atoms with Crippen molar-refractivity contribution in [1.29, 1.82) is 0 Å². The second-order valence-corrected chi connectivity index (χ2v) is 7.46. The number of phenolic OH excluding ortho intramolecular Hbond substituents is 1. The van der Waals surface area contributed by atoms with Crippen LogP contribution in [0.2, 0.25) is 0 Å². The van der Waals surface area contributed by atoms with Crippen molar-refractivity contribution in [2.45, 2.75) is 12.3 Å². The maximum absolute atomic E-state index is 13.3. The zero-order valence-corrected chi connectivity index (χ0v) is 15.8. The van der Waals surface area contributed by atoms with Crippen LogP contribution in [0.25, 0.3) is 5.69 Å². The molecule has 4 rings (SSSR count). The van der Waals surface area contributed by atoms with Crippen LogP contribution in [-0.4, -0.2) is 26.1 Å². The van der Waals surface area contributed by atoms with E-state index in [0.717, 1.165) is 5.69 Å². The highest BCUT2D eigenvalue weighted by Crippen LogP contribution is 2.44. The van der Waals surface area contributed by atoms with Crippen LogP contribution in [0.4, 0.5) is 5.69 Å². The summed E-state index contributed by atoms with van der Waals surface area (Å²) in [6, 6.07) is 16.3. The fourth-order valence-corrected chi connectivity index (χ4v) is 4.61. The fraction of sp³-hybridized carbons (Fsp3) is 0.200. The number of anilines is 1. The van der Waals surface area contributed by atoms with Gasteiger partial charge >= 0.3 is 0 Å². The number of phenols is 1. The fourth-order valence-electron chi connectivity index (χ4n) is 3.42. The lowest BCUT2D eigenvalue weighted by molar-refractivity contribution is -0.115. The Balaban J connectivity index is 1.89. The normalized spacial score (nSPS) is 16.9. The molecule has 1 amide bonds. The van der Waals surface area contributed by atoms with Gasteiger partial charge in [0.05, 0.1) is 17.1 Å². The molecule has 0 radical (unpaired) electrons. The van der Waals surface area contributed by atoms with E-state index in [0.29, 0.717) is 16.9 Å². The van der Waals surface area contributed by atoms with Crippen molar-refractivity contribution in [1.82, 2.24) is 9.36 Å². The Labute approximate surface area is 160 Å². The van der Waals surface area contributed by atoms with Gasteiger partial charge in [0.25, 0.3) is 5.56 Å². The minimum Gasteiger partial charge on any atom is -0.508 e. The maximum atomic E-state index is 13.3. The van der Waals surface area contributed by atoms with E-state index in [2.05, 4.69) is 0 Å². The van der Waals surface area contributed by atoms with E-state index in [1.807, 2.05) is 43.3 Å². The number of hydrogen-bond acceptors (Lipinski definition) is 4. The first-order chi connectivity index (χ1) is 13.0. The quantitative estimate of drug-likeness (QED) is 0.757. The van der Waals surface area contributed by atoms with Crippen molar-refractivity contribution in [3.63, 3.8) is 0 Å². The number of amides is 1. The van der Waals surface area contributed by atoms with Crippen LogP contribution < -0.4 is 10.5 Å². The molecular formula is C20H19N3O3S. The average Bonchev–Trinajstić information content (AvgIpc) is 3.14. The van der Waals surface area contributed by atoms with Crippen molar-refractivity contribution in [3.8, 4) is 11.4 Å². The first kappa shape index (κ1) is 17.5. The van der Waals surface area contributed by atoms with Crippen LogP contribution in [0.3, 0.4) is 0 Å². The Morgan fingerprint density at radius 3 is 2.41 bits per heavy atom. The van der Waals surface area contributed by atoms with Crippen LogP contribution in [0, 0.1) is 6.92 Å². The van der Waals surface area contributed by atoms with E-state index < -0.39 is 5.37 Å². The maximum Gasteiger partial charge on any atom is 0.295 e. The van der Waals surface area contributed by atoms with Gasteiger partial charge in [-0.25, -0.2) is 4.68 Å². The van der Waals surface area contributed by atoms with Crippen molar-refractivity contribution in [2.24, 2.45) is 7.05 Å². The molecule has 7 heteroatoms. The highest BCUT2D eigenvalue weighted by Gasteiger charge is 2.39. The van der Waals surface area contributed by atoms with Crippen LogP contribution in [0.1, 0.15) is 16.6 Å². The summed E-state index contributed by atoms with van der Waals surface area (Å²) < 4.78 is 3.31. The highest BCUT2D eigenvalue weighted by molar-refractivity contribution is 8.00. The number of benzene rings is 2. The summed E-state index contributed by atoms with van der Waals surface area (Å²) in [5.41, 5.74) is 2.15. The molecular weight excluding hydrogens is 362 g/mol. The van der Waals surface area contributed by atoms with Crippen LogP contribution in [0.15, 0.2) is 59.4 Å². The number of aromatic nitrogens is 2. The number of aromatic hydroxyl groups is 1. The largest absolute Gasteiger partial charge is 0.508 e. The predicted octanol–water partition coefficient (Wildman–Crippen LogP) is 2.97. The van der Waals surface area contributed by atoms with E-state index in [4.69, 9.17) is 0 Å². The molecule has 3 aromatic rings. The van der Waals surface area contributed by atoms with Crippen molar-refractivity contribution < 1.29 is 9.90 Å². The van der Waals surface area contributed by atoms with Crippen LogP contribution in [-0.2, 0) is 11.8 Å². The molecule has 0 saturated carbocycles. The molecule has 2 heterocycles. The molecule has 6 nitrogen and oxygen atoms in total. The average molecular weight is 381 g/mol. The Hall–Kier alpha value is -2.93. The molecule has 1 fully saturated rings. The van der Waals surface area contributed by atoms with E-state index in [-0.39, 0.29) is 23.0 Å². The lowest BCUT2D eigenvalue weighted by Crippen LogP contribution is -2.33. The first-order valence-electron chi connectivity index (χ1n) is 8.56. The number of nitrogens with zero attached hydrogens (tertiary/aromatic N) is 3. The molecule has 2 aromatic carbocycles. The van der Waals surface area contributed by atoms with Crippen molar-refractivity contribution in [2.75, 3.05) is 10.7 Å². The Kier molecular flexibility index (Phi) is 4.31. The third-order valence-electron chi connectivity index (χ3n) is 4.84. The summed E-state index contributed by atoms with van der Waals surface area (Å²) in [5.74, 6) is 0.240. The van der Waals surface area contributed by atoms with Gasteiger partial charge in [0.2, 0.25) is 5.91 Å². The summed E-state index contributed by atoms with van der Waals surface area (Å²) in [4.78, 5) is 27.5. The lowest BCUT2D eigenvalue weighted by atomic mass is 10.1. The number of thioether (sulfide) groups is 1. The summed E-state index contributed by atoms with van der Waals surface area (Å²) in [6.07, 6.45) is 0. The molecule has 0 spiro atoms. The summed E-state index contributed by atoms with van der Waals surface area (Å²) in [5, 5.41) is 9.82. The molecule has 1 atom stereocenters. The molecule has 1 aromatic heterocycles. The standard InChI is InChI=1S/C20H19N3O3S/c1-13-18(19(26)23(21(13)2)14-8-4-3-5-9-14)22-17(25)12-27-20(22)15-10-6-7-11-16(15)24/h3-11,20,24H,12H2,1-2H3/t20-/m1/s1. The number of carbonyl (C=O) groups is 1. The number of rotatable bonds is 3. The molecule has 27 heavy (non-hydrogen) atoms. The van der Waals surface area contributed by atoms with E-state index in [9.17, 15) is 14.7 Å². The van der Waals surface area contributed by atoms with Crippen LogP contribution in [0.5, 0.6) is 5.75 Å². The van der Waals surface area contributed by atoms with Gasteiger partial charge in [0.15, 0.2) is 0 Å². The molecule has 0 bridgehead atoms. The van der Waals surface area contributed by atoms with Gasteiger partial charge in [-0.05, 0) is 25.1 Å². The smallest absolute Gasteiger partial charge is 0.295 e. The van der Waals surface area contributed by atoms with Gasteiger partial charge in [-0.15, -0.1) is 11.8 Å². The van der Waals surface area contributed by atoms with E-state index in [1.54, 1.807) is 34.6 Å². The van der Waals surface area contributed by atoms with Crippen LogP contribution >= 0.6 is 11.8 Å². The Morgan fingerprint density at radius 2 is 1.70 bits per heavy atom. The zero-order valence-electron chi connectivity index (χ0n) is 15.0. The topological polar surface area (TPSA) is 67.5 Å². The van der Waals surface area contributed by atoms with Gasteiger partial charge in [0.1, 0.15) is 16.8 Å². The monoisotopic (exact) mass is 381 g/mol. The minimum absolute atomic E-state index is 0.117. The molecule has 1 saturated heterocycles. The zero-order chi connectivity index (χ0) is 19.1. The molecule has 0 aliphatic carbocycles. The Bertz CT molecular complexity index is 1070. The third kappa shape index (κ3) is 2.75. The molecule has 138 valence electrons. The number of para-hydroxylation sites is 2. The minimum atomic E-state index is -0.434. The van der Waals surface area contributed by atoms with E-state index in [1.165, 1.54) is 16.7 Å². The summed E-state index contributed by atoms with van der Waals surface area (Å²) in [7, 11) is 1.80. The van der Waals surface area contributed by atoms with Gasteiger partial charge in [-0.3, -0.25) is 19.2 Å². The third-order valence-corrected chi connectivity index (χ3v) is 6.03. The van der Waals surface area contributed by atoms with Crippen molar-refractivity contribution >= 4 is 23.4 Å².